The first-order valence-electron chi connectivity index (χ1n) is 6.74. The van der Waals surface area contributed by atoms with Crippen LogP contribution in [0.3, 0.4) is 0 Å². The predicted octanol–water partition coefficient (Wildman–Crippen LogP) is 3.00. The van der Waals surface area contributed by atoms with E-state index in [1.165, 1.54) is 5.56 Å². The van der Waals surface area contributed by atoms with Crippen molar-refractivity contribution in [1.82, 2.24) is 19.5 Å². The number of aryl methyl sites for hydroxylation is 1. The van der Waals surface area contributed by atoms with E-state index in [2.05, 4.69) is 32.4 Å². The minimum atomic E-state index is 0.726. The molecule has 2 aromatic heterocycles. The number of fused-ring (bicyclic) bond motifs is 1. The lowest BCUT2D eigenvalue weighted by molar-refractivity contribution is 0.928. The molecule has 3 aromatic rings. The van der Waals surface area contributed by atoms with Gasteiger partial charge < -0.3 is 9.88 Å². The quantitative estimate of drug-likeness (QED) is 0.794. The van der Waals surface area contributed by atoms with E-state index in [0.29, 0.717) is 0 Å². The van der Waals surface area contributed by atoms with Gasteiger partial charge in [0.15, 0.2) is 11.5 Å². The van der Waals surface area contributed by atoms with Gasteiger partial charge in [0.05, 0.1) is 6.33 Å². The summed E-state index contributed by atoms with van der Waals surface area (Å²) in [4.78, 5) is 12.7. The van der Waals surface area contributed by atoms with Gasteiger partial charge in [-0.1, -0.05) is 44.2 Å². The highest BCUT2D eigenvalue weighted by Gasteiger charge is 2.07. The zero-order valence-electron chi connectivity index (χ0n) is 12.0. The zero-order chi connectivity index (χ0) is 14.4. The average Bonchev–Trinajstić information content (AvgIpc) is 2.90. The lowest BCUT2D eigenvalue weighted by Gasteiger charge is -2.05. The van der Waals surface area contributed by atoms with Gasteiger partial charge in [0.1, 0.15) is 11.8 Å². The average molecular weight is 269 g/mol. The largest absolute Gasteiger partial charge is 0.364 e. The van der Waals surface area contributed by atoms with E-state index in [0.717, 1.165) is 23.5 Å². The number of benzene rings is 1. The summed E-state index contributed by atoms with van der Waals surface area (Å²) in [5.74, 6) is 0.768. The number of rotatable bonds is 3. The number of nitrogens with zero attached hydrogens (tertiary/aromatic N) is 4. The van der Waals surface area contributed by atoms with Gasteiger partial charge in [-0.2, -0.15) is 0 Å². The van der Waals surface area contributed by atoms with Gasteiger partial charge in [0.25, 0.3) is 0 Å². The summed E-state index contributed by atoms with van der Waals surface area (Å²) < 4.78 is 1.88. The van der Waals surface area contributed by atoms with Crippen LogP contribution in [0.4, 0.5) is 5.82 Å². The van der Waals surface area contributed by atoms with Gasteiger partial charge in [-0.05, 0) is 5.56 Å². The van der Waals surface area contributed by atoms with Gasteiger partial charge in [0, 0.05) is 13.6 Å². The standard InChI is InChI=1S/C13H13N5.C2H6/c1-18-9-17-11-12(15-8-16-13(11)18)14-7-10-5-3-2-4-6-10;1-2/h2-6,8-9H,7H2,1H3,(H,14,15,16);1-2H3. The molecule has 3 rings (SSSR count). The maximum absolute atomic E-state index is 4.31. The Hall–Kier alpha value is -2.43. The third-order valence-corrected chi connectivity index (χ3v) is 2.80. The Kier molecular flexibility index (Phi) is 4.65. The van der Waals surface area contributed by atoms with E-state index >= 15 is 0 Å². The Balaban J connectivity index is 0.000000704. The minimum Gasteiger partial charge on any atom is -0.364 e. The first kappa shape index (κ1) is 14.0. The van der Waals surface area contributed by atoms with E-state index in [9.17, 15) is 0 Å². The third-order valence-electron chi connectivity index (χ3n) is 2.80. The highest BCUT2D eigenvalue weighted by molar-refractivity contribution is 5.82. The number of nitrogens with one attached hydrogen (secondary N) is 1. The number of anilines is 1. The molecule has 5 heteroatoms. The van der Waals surface area contributed by atoms with E-state index in [4.69, 9.17) is 0 Å². The first-order chi connectivity index (χ1) is 9.84. The Bertz CT molecular complexity index is 660. The van der Waals surface area contributed by atoms with Crippen molar-refractivity contribution in [3.8, 4) is 0 Å². The van der Waals surface area contributed by atoms with Gasteiger partial charge in [-0.15, -0.1) is 0 Å². The second-order valence-corrected chi connectivity index (χ2v) is 4.09. The molecule has 2 heterocycles. The molecule has 0 aliphatic carbocycles. The van der Waals surface area contributed by atoms with Crippen molar-refractivity contribution in [1.29, 1.82) is 0 Å². The van der Waals surface area contributed by atoms with Crippen molar-refractivity contribution in [2.75, 3.05) is 5.32 Å². The predicted molar refractivity (Wildman–Crippen MR) is 81.4 cm³/mol. The lowest BCUT2D eigenvalue weighted by atomic mass is 10.2. The minimum absolute atomic E-state index is 0.726. The molecule has 0 radical (unpaired) electrons. The van der Waals surface area contributed by atoms with Crippen molar-refractivity contribution >= 4 is 17.0 Å². The summed E-state index contributed by atoms with van der Waals surface area (Å²) in [5.41, 5.74) is 2.84. The van der Waals surface area contributed by atoms with E-state index in [1.807, 2.05) is 43.7 Å². The molecule has 0 saturated carbocycles. The van der Waals surface area contributed by atoms with Crippen molar-refractivity contribution < 1.29 is 0 Å². The molecule has 0 fully saturated rings. The zero-order valence-corrected chi connectivity index (χ0v) is 12.0. The number of hydrogen-bond acceptors (Lipinski definition) is 4. The normalized spacial score (nSPS) is 9.95. The van der Waals surface area contributed by atoms with Crippen LogP contribution in [-0.2, 0) is 13.6 Å². The topological polar surface area (TPSA) is 55.6 Å². The SMILES string of the molecule is CC.Cn1cnc2c(NCc3ccccc3)ncnc21. The number of aromatic nitrogens is 4. The van der Waals surface area contributed by atoms with Crippen LogP contribution in [0.25, 0.3) is 11.2 Å². The first-order valence-corrected chi connectivity index (χ1v) is 6.74. The van der Waals surface area contributed by atoms with Crippen LogP contribution in [0, 0.1) is 0 Å². The Labute approximate surface area is 118 Å². The highest BCUT2D eigenvalue weighted by atomic mass is 15.1. The molecule has 1 N–H and O–H groups in total. The fourth-order valence-corrected chi connectivity index (χ4v) is 1.86. The van der Waals surface area contributed by atoms with Crippen LogP contribution in [0.1, 0.15) is 19.4 Å². The summed E-state index contributed by atoms with van der Waals surface area (Å²) in [6.07, 6.45) is 3.30. The van der Waals surface area contributed by atoms with Crippen molar-refractivity contribution in [2.24, 2.45) is 7.05 Å². The van der Waals surface area contributed by atoms with Gasteiger partial charge in [0.2, 0.25) is 0 Å². The van der Waals surface area contributed by atoms with Crippen molar-refractivity contribution in [3.63, 3.8) is 0 Å². The van der Waals surface area contributed by atoms with Crippen LogP contribution in [-0.4, -0.2) is 19.5 Å². The molecule has 0 bridgehead atoms. The highest BCUT2D eigenvalue weighted by Crippen LogP contribution is 2.16. The van der Waals surface area contributed by atoms with Crippen LogP contribution >= 0.6 is 0 Å². The number of imidazole rings is 1. The molecule has 0 atom stereocenters. The molecule has 5 nitrogen and oxygen atoms in total. The third kappa shape index (κ3) is 2.93. The fraction of sp³-hybridized carbons (Fsp3) is 0.267. The van der Waals surface area contributed by atoms with E-state index in [-0.39, 0.29) is 0 Å². The van der Waals surface area contributed by atoms with Crippen LogP contribution in [0.15, 0.2) is 43.0 Å². The second-order valence-electron chi connectivity index (χ2n) is 4.09. The van der Waals surface area contributed by atoms with E-state index < -0.39 is 0 Å². The molecular formula is C15H19N5. The summed E-state index contributed by atoms with van der Waals surface area (Å²) >= 11 is 0. The van der Waals surface area contributed by atoms with Gasteiger partial charge >= 0.3 is 0 Å². The molecule has 0 unspecified atom stereocenters. The van der Waals surface area contributed by atoms with Crippen LogP contribution in [0.2, 0.25) is 0 Å². The second kappa shape index (κ2) is 6.65. The Morgan fingerprint density at radius 2 is 1.80 bits per heavy atom. The van der Waals surface area contributed by atoms with Crippen LogP contribution in [0.5, 0.6) is 0 Å². The maximum Gasteiger partial charge on any atom is 0.165 e. The molecule has 0 saturated heterocycles. The molecule has 0 aliphatic rings. The summed E-state index contributed by atoms with van der Waals surface area (Å²) in [6.45, 7) is 4.73. The molecule has 0 spiro atoms. The summed E-state index contributed by atoms with van der Waals surface area (Å²) in [6, 6.07) is 10.2. The molecule has 104 valence electrons. The molecule has 1 aromatic carbocycles. The Morgan fingerprint density at radius 1 is 1.05 bits per heavy atom. The van der Waals surface area contributed by atoms with Gasteiger partial charge in [-0.3, -0.25) is 0 Å². The Morgan fingerprint density at radius 3 is 2.55 bits per heavy atom. The molecule has 20 heavy (non-hydrogen) atoms. The van der Waals surface area contributed by atoms with Gasteiger partial charge in [-0.25, -0.2) is 15.0 Å². The maximum atomic E-state index is 4.31. The lowest BCUT2D eigenvalue weighted by Crippen LogP contribution is -2.02. The smallest absolute Gasteiger partial charge is 0.165 e. The monoisotopic (exact) mass is 269 g/mol. The summed E-state index contributed by atoms with van der Waals surface area (Å²) in [5, 5.41) is 3.29. The fourth-order valence-electron chi connectivity index (χ4n) is 1.86. The number of hydrogen-bond donors (Lipinski definition) is 1. The van der Waals surface area contributed by atoms with Crippen molar-refractivity contribution in [3.05, 3.63) is 48.5 Å². The van der Waals surface area contributed by atoms with Crippen molar-refractivity contribution in [2.45, 2.75) is 20.4 Å². The molecular weight excluding hydrogens is 250 g/mol. The molecule has 0 aliphatic heterocycles. The summed E-state index contributed by atoms with van der Waals surface area (Å²) in [7, 11) is 1.92. The van der Waals surface area contributed by atoms with E-state index in [1.54, 1.807) is 12.7 Å². The van der Waals surface area contributed by atoms with Crippen LogP contribution < -0.4 is 5.32 Å². The molecule has 0 amide bonds.